The van der Waals surface area contributed by atoms with E-state index in [1.54, 1.807) is 12.3 Å². The molecule has 1 heterocycles. The number of hydrogen-bond acceptors (Lipinski definition) is 5. The summed E-state index contributed by atoms with van der Waals surface area (Å²) < 4.78 is 29.9. The van der Waals surface area contributed by atoms with Gasteiger partial charge in [-0.3, -0.25) is 4.68 Å². The van der Waals surface area contributed by atoms with Gasteiger partial charge >= 0.3 is 0 Å². The third-order valence-electron chi connectivity index (χ3n) is 3.06. The van der Waals surface area contributed by atoms with Gasteiger partial charge in [0.1, 0.15) is 5.75 Å². The Morgan fingerprint density at radius 1 is 1.38 bits per heavy atom. The molecule has 8 heteroatoms. The molecule has 0 aliphatic rings. The van der Waals surface area contributed by atoms with Crippen molar-refractivity contribution < 1.29 is 13.2 Å². The molecule has 0 saturated carbocycles. The first kappa shape index (κ1) is 15.3. The maximum absolute atomic E-state index is 11.4. The average Bonchev–Trinajstić information content (AvgIpc) is 2.91. The predicted octanol–water partition coefficient (Wildman–Crippen LogP) is 1.17. The molecule has 0 aliphatic carbocycles. The number of primary sulfonamides is 1. The van der Waals surface area contributed by atoms with Crippen molar-refractivity contribution in [2.45, 2.75) is 24.9 Å². The highest BCUT2D eigenvalue weighted by atomic mass is 32.2. The highest BCUT2D eigenvalue weighted by Gasteiger charge is 2.12. The normalized spacial score (nSPS) is 11.4. The third-order valence-corrected chi connectivity index (χ3v) is 3.97. The lowest BCUT2D eigenvalue weighted by Gasteiger charge is -2.13. The van der Waals surface area contributed by atoms with Crippen LogP contribution in [-0.4, -0.2) is 25.3 Å². The van der Waals surface area contributed by atoms with Gasteiger partial charge in [0, 0.05) is 12.7 Å². The largest absolute Gasteiger partial charge is 0.495 e. The minimum absolute atomic E-state index is 0.0369. The van der Waals surface area contributed by atoms with Crippen LogP contribution >= 0.6 is 0 Å². The lowest BCUT2D eigenvalue weighted by molar-refractivity contribution is 0.416. The molecule has 21 heavy (non-hydrogen) atoms. The van der Waals surface area contributed by atoms with E-state index in [9.17, 15) is 8.42 Å². The molecular formula is C13H18N4O3S. The van der Waals surface area contributed by atoms with Gasteiger partial charge in [0.05, 0.1) is 29.9 Å². The van der Waals surface area contributed by atoms with Gasteiger partial charge < -0.3 is 10.1 Å². The maximum Gasteiger partial charge on any atom is 0.238 e. The summed E-state index contributed by atoms with van der Waals surface area (Å²) in [6.45, 7) is 3.26. The number of hydrogen-bond donors (Lipinski definition) is 2. The Morgan fingerprint density at radius 2 is 2.14 bits per heavy atom. The zero-order chi connectivity index (χ0) is 15.5. The zero-order valence-corrected chi connectivity index (χ0v) is 12.7. The van der Waals surface area contributed by atoms with Crippen LogP contribution in [-0.2, 0) is 23.1 Å². The Morgan fingerprint density at radius 3 is 2.76 bits per heavy atom. The standard InChI is InChI=1S/C13H18N4O3S/c1-3-17-10(6-7-16-17)9-15-12-8-11(21(14,18)19)4-5-13(12)20-2/h4-8,15H,3,9H2,1-2H3,(H2,14,18,19). The molecule has 0 atom stereocenters. The lowest BCUT2D eigenvalue weighted by Crippen LogP contribution is -2.13. The van der Waals surface area contributed by atoms with E-state index in [1.165, 1.54) is 19.2 Å². The molecule has 0 radical (unpaired) electrons. The topological polar surface area (TPSA) is 99.2 Å². The number of aromatic nitrogens is 2. The van der Waals surface area contributed by atoms with Gasteiger partial charge in [-0.15, -0.1) is 0 Å². The van der Waals surface area contributed by atoms with Crippen molar-refractivity contribution in [1.29, 1.82) is 0 Å². The van der Waals surface area contributed by atoms with Crippen LogP contribution in [0.2, 0.25) is 0 Å². The van der Waals surface area contributed by atoms with Crippen LogP contribution in [0.5, 0.6) is 5.75 Å². The molecule has 114 valence electrons. The summed E-state index contributed by atoms with van der Waals surface area (Å²) >= 11 is 0. The second-order valence-electron chi connectivity index (χ2n) is 4.40. The molecule has 0 spiro atoms. The molecule has 0 saturated heterocycles. The van der Waals surface area contributed by atoms with Crippen molar-refractivity contribution in [3.63, 3.8) is 0 Å². The number of sulfonamides is 1. The molecule has 1 aromatic heterocycles. The molecule has 0 fully saturated rings. The predicted molar refractivity (Wildman–Crippen MR) is 79.6 cm³/mol. The van der Waals surface area contributed by atoms with E-state index in [4.69, 9.17) is 9.88 Å². The van der Waals surface area contributed by atoms with E-state index in [-0.39, 0.29) is 4.90 Å². The molecule has 0 unspecified atom stereocenters. The highest BCUT2D eigenvalue weighted by Crippen LogP contribution is 2.27. The fourth-order valence-corrected chi connectivity index (χ4v) is 2.52. The Kier molecular flexibility index (Phi) is 4.49. The molecular weight excluding hydrogens is 292 g/mol. The van der Waals surface area contributed by atoms with Crippen LogP contribution in [0.25, 0.3) is 0 Å². The van der Waals surface area contributed by atoms with Crippen LogP contribution in [0.15, 0.2) is 35.4 Å². The van der Waals surface area contributed by atoms with Gasteiger partial charge in [0.15, 0.2) is 0 Å². The number of rotatable bonds is 6. The molecule has 3 N–H and O–H groups in total. The number of nitrogens with two attached hydrogens (primary N) is 1. The number of anilines is 1. The Bertz CT molecular complexity index is 725. The van der Waals surface area contributed by atoms with E-state index in [0.717, 1.165) is 12.2 Å². The van der Waals surface area contributed by atoms with Crippen LogP contribution in [0.3, 0.4) is 0 Å². The van der Waals surface area contributed by atoms with Gasteiger partial charge in [-0.05, 0) is 31.2 Å². The second-order valence-corrected chi connectivity index (χ2v) is 5.96. The van der Waals surface area contributed by atoms with Crippen molar-refractivity contribution in [2.75, 3.05) is 12.4 Å². The van der Waals surface area contributed by atoms with Crippen LogP contribution in [0, 0.1) is 0 Å². The van der Waals surface area contributed by atoms with Crippen molar-refractivity contribution in [2.24, 2.45) is 5.14 Å². The summed E-state index contributed by atoms with van der Waals surface area (Å²) in [4.78, 5) is 0.0369. The Hall–Kier alpha value is -2.06. The Labute approximate surface area is 123 Å². The molecule has 0 amide bonds. The summed E-state index contributed by atoms with van der Waals surface area (Å²) in [6.07, 6.45) is 1.72. The van der Waals surface area contributed by atoms with Gasteiger partial charge in [-0.1, -0.05) is 0 Å². The average molecular weight is 310 g/mol. The van der Waals surface area contributed by atoms with Crippen molar-refractivity contribution in [1.82, 2.24) is 9.78 Å². The summed E-state index contributed by atoms with van der Waals surface area (Å²) in [6, 6.07) is 6.34. The number of methoxy groups -OCH3 is 1. The van der Waals surface area contributed by atoms with Gasteiger partial charge in [0.25, 0.3) is 0 Å². The Balaban J connectivity index is 2.26. The highest BCUT2D eigenvalue weighted by molar-refractivity contribution is 7.89. The summed E-state index contributed by atoms with van der Waals surface area (Å²) in [5.41, 5.74) is 1.55. The van der Waals surface area contributed by atoms with E-state index in [0.29, 0.717) is 18.0 Å². The van der Waals surface area contributed by atoms with Gasteiger partial charge in [-0.2, -0.15) is 5.10 Å². The van der Waals surface area contributed by atoms with Crippen molar-refractivity contribution >= 4 is 15.7 Å². The quantitative estimate of drug-likeness (QED) is 0.834. The van der Waals surface area contributed by atoms with E-state index < -0.39 is 10.0 Å². The molecule has 0 aliphatic heterocycles. The zero-order valence-electron chi connectivity index (χ0n) is 11.9. The first-order chi connectivity index (χ1) is 9.95. The number of nitrogens with one attached hydrogen (secondary N) is 1. The number of ether oxygens (including phenoxy) is 1. The number of nitrogens with zero attached hydrogens (tertiary/aromatic N) is 2. The first-order valence-corrected chi connectivity index (χ1v) is 7.95. The molecule has 2 aromatic rings. The van der Waals surface area contributed by atoms with Crippen LogP contribution < -0.4 is 15.2 Å². The van der Waals surface area contributed by atoms with Crippen molar-refractivity contribution in [3.05, 3.63) is 36.2 Å². The number of benzene rings is 1. The smallest absolute Gasteiger partial charge is 0.238 e. The molecule has 2 rings (SSSR count). The fourth-order valence-electron chi connectivity index (χ4n) is 1.98. The number of aryl methyl sites for hydroxylation is 1. The maximum atomic E-state index is 11.4. The summed E-state index contributed by atoms with van der Waals surface area (Å²) in [7, 11) is -2.23. The third kappa shape index (κ3) is 3.53. The van der Waals surface area contributed by atoms with Crippen LogP contribution in [0.4, 0.5) is 5.69 Å². The minimum atomic E-state index is -3.75. The monoisotopic (exact) mass is 310 g/mol. The van der Waals surface area contributed by atoms with E-state index >= 15 is 0 Å². The first-order valence-electron chi connectivity index (χ1n) is 6.41. The van der Waals surface area contributed by atoms with Gasteiger partial charge in [-0.25, -0.2) is 13.6 Å². The van der Waals surface area contributed by atoms with Crippen LogP contribution in [0.1, 0.15) is 12.6 Å². The van der Waals surface area contributed by atoms with Crippen molar-refractivity contribution in [3.8, 4) is 5.75 Å². The summed E-state index contributed by atoms with van der Waals surface area (Å²) in [5.74, 6) is 0.546. The fraction of sp³-hybridized carbons (Fsp3) is 0.308. The second kappa shape index (κ2) is 6.15. The van der Waals surface area contributed by atoms with E-state index in [1.807, 2.05) is 17.7 Å². The summed E-state index contributed by atoms with van der Waals surface area (Å²) in [5, 5.41) is 12.5. The minimum Gasteiger partial charge on any atom is -0.495 e. The lowest BCUT2D eigenvalue weighted by atomic mass is 10.3. The molecule has 7 nitrogen and oxygen atoms in total. The molecule has 1 aromatic carbocycles. The molecule has 0 bridgehead atoms. The van der Waals surface area contributed by atoms with Gasteiger partial charge in [0.2, 0.25) is 10.0 Å². The SMILES string of the molecule is CCn1nccc1CNc1cc(S(N)(=O)=O)ccc1OC. The van der Waals surface area contributed by atoms with E-state index in [2.05, 4.69) is 10.4 Å².